The van der Waals surface area contributed by atoms with E-state index in [-0.39, 0.29) is 23.0 Å². The number of benzene rings is 1. The van der Waals surface area contributed by atoms with Gasteiger partial charge < -0.3 is 14.4 Å². The smallest absolute Gasteiger partial charge is 0.332 e. The summed E-state index contributed by atoms with van der Waals surface area (Å²) >= 11 is 0. The number of nitrogens with zero attached hydrogens (tertiary/aromatic N) is 4. The van der Waals surface area contributed by atoms with Crippen LogP contribution >= 0.6 is 0 Å². The van der Waals surface area contributed by atoms with E-state index in [9.17, 15) is 14.4 Å². The molecule has 9 nitrogen and oxygen atoms in total. The summed E-state index contributed by atoms with van der Waals surface area (Å²) in [6, 6.07) is 6.93. The number of pyridine rings is 1. The topological polar surface area (TPSA) is 95.7 Å². The zero-order valence-corrected chi connectivity index (χ0v) is 17.9. The minimum Gasteiger partial charge on any atom is -0.497 e. The van der Waals surface area contributed by atoms with E-state index in [2.05, 4.69) is 4.98 Å². The van der Waals surface area contributed by atoms with Gasteiger partial charge in [-0.3, -0.25) is 18.7 Å². The second-order valence-corrected chi connectivity index (χ2v) is 7.57. The van der Waals surface area contributed by atoms with E-state index in [1.807, 2.05) is 12.1 Å². The molecule has 1 amide bonds. The lowest BCUT2D eigenvalue weighted by atomic mass is 10.0. The number of hydrogen-bond acceptors (Lipinski definition) is 6. The van der Waals surface area contributed by atoms with E-state index < -0.39 is 11.2 Å². The lowest BCUT2D eigenvalue weighted by Crippen LogP contribution is -2.37. The summed E-state index contributed by atoms with van der Waals surface area (Å²) < 4.78 is 13.1. The Hall–Kier alpha value is -3.62. The predicted octanol–water partition coefficient (Wildman–Crippen LogP) is 1.63. The molecule has 3 aromatic rings. The average molecular weight is 424 g/mol. The monoisotopic (exact) mass is 424 g/mol. The summed E-state index contributed by atoms with van der Waals surface area (Å²) in [6.07, 6.45) is 3.07. The molecule has 0 bridgehead atoms. The molecule has 0 unspecified atom stereocenters. The highest BCUT2D eigenvalue weighted by molar-refractivity contribution is 5.97. The predicted molar refractivity (Wildman–Crippen MR) is 115 cm³/mol. The molecule has 0 saturated carbocycles. The van der Waals surface area contributed by atoms with Crippen LogP contribution in [0, 0.1) is 0 Å². The van der Waals surface area contributed by atoms with Crippen molar-refractivity contribution in [1.82, 2.24) is 19.0 Å². The zero-order chi connectivity index (χ0) is 22.3. The van der Waals surface area contributed by atoms with Crippen LogP contribution in [0.1, 0.15) is 34.8 Å². The molecule has 4 rings (SSSR count). The second-order valence-electron chi connectivity index (χ2n) is 7.57. The number of amides is 1. The minimum atomic E-state index is -0.477. The van der Waals surface area contributed by atoms with Crippen LogP contribution in [-0.2, 0) is 14.1 Å². The Labute approximate surface area is 178 Å². The molecule has 162 valence electrons. The van der Waals surface area contributed by atoms with E-state index >= 15 is 0 Å². The third-order valence-electron chi connectivity index (χ3n) is 5.85. The number of fused-ring (bicyclic) bond motifs is 1. The normalized spacial score (nSPS) is 16.0. The average Bonchev–Trinajstić information content (AvgIpc) is 3.29. The Morgan fingerprint density at radius 2 is 1.87 bits per heavy atom. The molecule has 0 radical (unpaired) electrons. The maximum Gasteiger partial charge on any atom is 0.332 e. The van der Waals surface area contributed by atoms with E-state index in [1.54, 1.807) is 32.2 Å². The van der Waals surface area contributed by atoms with Crippen molar-refractivity contribution in [2.45, 2.75) is 18.9 Å². The van der Waals surface area contributed by atoms with Gasteiger partial charge in [0, 0.05) is 38.5 Å². The van der Waals surface area contributed by atoms with E-state index in [0.717, 1.165) is 23.0 Å². The molecule has 31 heavy (non-hydrogen) atoms. The number of carbonyl (C=O) groups is 1. The molecule has 2 aromatic heterocycles. The number of aromatic nitrogens is 3. The van der Waals surface area contributed by atoms with Crippen LogP contribution < -0.4 is 20.7 Å². The number of methoxy groups -OCH3 is 2. The van der Waals surface area contributed by atoms with Gasteiger partial charge >= 0.3 is 5.69 Å². The molecule has 1 saturated heterocycles. The molecule has 9 heteroatoms. The van der Waals surface area contributed by atoms with Gasteiger partial charge in [0.15, 0.2) is 0 Å². The van der Waals surface area contributed by atoms with Crippen molar-refractivity contribution < 1.29 is 14.3 Å². The lowest BCUT2D eigenvalue weighted by molar-refractivity contribution is 0.0734. The van der Waals surface area contributed by atoms with E-state index in [1.165, 1.54) is 23.9 Å². The van der Waals surface area contributed by atoms with Crippen LogP contribution in [0.4, 0.5) is 0 Å². The third-order valence-corrected chi connectivity index (χ3v) is 5.85. The summed E-state index contributed by atoms with van der Waals surface area (Å²) in [5.74, 6) is 1.12. The van der Waals surface area contributed by atoms with E-state index in [0.29, 0.717) is 23.6 Å². The molecule has 0 N–H and O–H groups in total. The van der Waals surface area contributed by atoms with Crippen molar-refractivity contribution in [2.75, 3.05) is 20.8 Å². The van der Waals surface area contributed by atoms with Gasteiger partial charge in [-0.1, -0.05) is 0 Å². The Bertz CT molecular complexity index is 1290. The summed E-state index contributed by atoms with van der Waals surface area (Å²) in [7, 11) is 6.13. The fourth-order valence-corrected chi connectivity index (χ4v) is 4.17. The summed E-state index contributed by atoms with van der Waals surface area (Å²) in [4.78, 5) is 44.1. The van der Waals surface area contributed by atoms with Crippen molar-refractivity contribution in [2.24, 2.45) is 14.1 Å². The first-order chi connectivity index (χ1) is 14.9. The molecular weight excluding hydrogens is 400 g/mol. The Balaban J connectivity index is 1.75. The fraction of sp³-hybridized carbons (Fsp3) is 0.364. The van der Waals surface area contributed by atoms with Crippen molar-refractivity contribution >= 4 is 16.9 Å². The molecule has 1 aliphatic rings. The van der Waals surface area contributed by atoms with Crippen LogP contribution in [0.3, 0.4) is 0 Å². The molecule has 3 heterocycles. The van der Waals surface area contributed by atoms with Crippen LogP contribution in [-0.4, -0.2) is 45.7 Å². The van der Waals surface area contributed by atoms with Gasteiger partial charge in [-0.05, 0) is 31.0 Å². The lowest BCUT2D eigenvalue weighted by Gasteiger charge is -2.26. The van der Waals surface area contributed by atoms with Crippen LogP contribution in [0.15, 0.2) is 40.1 Å². The van der Waals surface area contributed by atoms with Crippen molar-refractivity contribution in [1.29, 1.82) is 0 Å². The van der Waals surface area contributed by atoms with Crippen molar-refractivity contribution in [3.8, 4) is 11.5 Å². The highest BCUT2D eigenvalue weighted by Crippen LogP contribution is 2.39. The van der Waals surface area contributed by atoms with Gasteiger partial charge in [-0.2, -0.15) is 0 Å². The van der Waals surface area contributed by atoms with E-state index in [4.69, 9.17) is 9.47 Å². The maximum absolute atomic E-state index is 13.4. The molecule has 1 atom stereocenters. The SMILES string of the molecule is COc1ccc([C@H]2CCCN2C(=O)c2cnc3c(c2)c(=O)n(C)c(=O)n3C)c(OC)c1. The number of likely N-dealkylation sites (tertiary alicyclic amines) is 1. The molecule has 0 spiro atoms. The minimum absolute atomic E-state index is 0.160. The van der Waals surface area contributed by atoms with Gasteiger partial charge in [0.25, 0.3) is 11.5 Å². The summed E-state index contributed by atoms with van der Waals surface area (Å²) in [6.45, 7) is 0.585. The van der Waals surface area contributed by atoms with Crippen LogP contribution in [0.5, 0.6) is 11.5 Å². The summed E-state index contributed by atoms with van der Waals surface area (Å²) in [5.41, 5.74) is 0.522. The number of carbonyl (C=O) groups excluding carboxylic acids is 1. The Kier molecular flexibility index (Phi) is 5.26. The summed E-state index contributed by atoms with van der Waals surface area (Å²) in [5, 5.41) is 0.230. The first kappa shape index (κ1) is 20.6. The molecule has 1 aromatic carbocycles. The highest BCUT2D eigenvalue weighted by Gasteiger charge is 2.33. The first-order valence-electron chi connectivity index (χ1n) is 9.96. The van der Waals surface area contributed by atoms with Crippen molar-refractivity contribution in [3.05, 3.63) is 62.4 Å². The molecule has 0 aliphatic carbocycles. The van der Waals surface area contributed by atoms with Gasteiger partial charge in [-0.25, -0.2) is 9.78 Å². The standard InChI is InChI=1S/C22H24N4O5/c1-24-19-16(21(28)25(2)22(24)29)10-13(12-23-19)20(27)26-9-5-6-17(26)15-8-7-14(30-3)11-18(15)31-4/h7-8,10-12,17H,5-6,9H2,1-4H3/t17-/m1/s1. The Morgan fingerprint density at radius 1 is 1.10 bits per heavy atom. The van der Waals surface area contributed by atoms with Gasteiger partial charge in [0.2, 0.25) is 0 Å². The third kappa shape index (κ3) is 3.35. The molecule has 1 aliphatic heterocycles. The number of ether oxygens (including phenoxy) is 2. The number of aryl methyl sites for hydroxylation is 1. The second kappa shape index (κ2) is 7.90. The van der Waals surface area contributed by atoms with Gasteiger partial charge in [0.1, 0.15) is 17.1 Å². The Morgan fingerprint density at radius 3 is 2.58 bits per heavy atom. The maximum atomic E-state index is 13.4. The fourth-order valence-electron chi connectivity index (χ4n) is 4.17. The zero-order valence-electron chi connectivity index (χ0n) is 17.9. The molecular formula is C22H24N4O5. The van der Waals surface area contributed by atoms with Crippen molar-refractivity contribution in [3.63, 3.8) is 0 Å². The number of rotatable bonds is 4. The first-order valence-corrected chi connectivity index (χ1v) is 9.96. The largest absolute Gasteiger partial charge is 0.497 e. The molecule has 1 fully saturated rings. The van der Waals surface area contributed by atoms with Gasteiger partial charge in [-0.15, -0.1) is 0 Å². The van der Waals surface area contributed by atoms with Gasteiger partial charge in [0.05, 0.1) is 31.2 Å². The quantitative estimate of drug-likeness (QED) is 0.632. The highest BCUT2D eigenvalue weighted by atomic mass is 16.5. The number of hydrogen-bond donors (Lipinski definition) is 0. The van der Waals surface area contributed by atoms with Crippen LogP contribution in [0.25, 0.3) is 11.0 Å². The van der Waals surface area contributed by atoms with Crippen LogP contribution in [0.2, 0.25) is 0 Å².